The van der Waals surface area contributed by atoms with Gasteiger partial charge in [-0.1, -0.05) is 30.3 Å². The summed E-state index contributed by atoms with van der Waals surface area (Å²) in [7, 11) is 3.10. The number of benzene rings is 2. The van der Waals surface area contributed by atoms with Gasteiger partial charge in [-0.3, -0.25) is 9.20 Å². The van der Waals surface area contributed by atoms with Crippen LogP contribution in [0.15, 0.2) is 60.1 Å². The van der Waals surface area contributed by atoms with Crippen LogP contribution in [-0.2, 0) is 0 Å². The van der Waals surface area contributed by atoms with Crippen LogP contribution in [0.25, 0.3) is 16.2 Å². The summed E-state index contributed by atoms with van der Waals surface area (Å²) >= 11 is 1.51. The number of nitrogens with one attached hydrogen (secondary N) is 1. The fourth-order valence-electron chi connectivity index (χ4n) is 2.82. The van der Waals surface area contributed by atoms with Gasteiger partial charge in [0.2, 0.25) is 0 Å². The molecule has 136 valence electrons. The second kappa shape index (κ2) is 7.13. The van der Waals surface area contributed by atoms with Gasteiger partial charge in [0.1, 0.15) is 23.0 Å². The Hall–Kier alpha value is -3.32. The molecule has 4 rings (SSSR count). The Morgan fingerprint density at radius 3 is 2.44 bits per heavy atom. The Labute approximate surface area is 160 Å². The van der Waals surface area contributed by atoms with Crippen molar-refractivity contribution in [1.82, 2.24) is 9.38 Å². The van der Waals surface area contributed by atoms with E-state index < -0.39 is 0 Å². The van der Waals surface area contributed by atoms with Crippen LogP contribution in [0.4, 0.5) is 5.82 Å². The molecule has 0 unspecified atom stereocenters. The third kappa shape index (κ3) is 3.24. The highest BCUT2D eigenvalue weighted by atomic mass is 32.1. The van der Waals surface area contributed by atoms with E-state index in [9.17, 15) is 4.79 Å². The Balaban J connectivity index is 1.75. The first-order chi connectivity index (χ1) is 13.2. The zero-order valence-corrected chi connectivity index (χ0v) is 15.6. The smallest absolute Gasteiger partial charge is 0.257 e. The van der Waals surface area contributed by atoms with Crippen molar-refractivity contribution in [1.29, 1.82) is 0 Å². The maximum atomic E-state index is 12.9. The van der Waals surface area contributed by atoms with Crippen molar-refractivity contribution in [3.8, 4) is 22.8 Å². The van der Waals surface area contributed by atoms with E-state index in [1.165, 1.54) is 11.3 Å². The van der Waals surface area contributed by atoms with Crippen LogP contribution in [-0.4, -0.2) is 29.5 Å². The Kier molecular flexibility index (Phi) is 4.52. The van der Waals surface area contributed by atoms with Crippen molar-refractivity contribution in [3.63, 3.8) is 0 Å². The van der Waals surface area contributed by atoms with E-state index in [0.29, 0.717) is 22.9 Å². The standard InChI is InChI=1S/C20H17N3O3S/c1-25-15-10-14(11-16(12-15)26-2)19(24)22-18-17(13-6-4-3-5-7-13)21-20-23(18)8-9-27-20/h3-12H,1-2H3,(H,22,24). The minimum absolute atomic E-state index is 0.266. The summed E-state index contributed by atoms with van der Waals surface area (Å²) in [6.45, 7) is 0. The average Bonchev–Trinajstić information content (AvgIpc) is 3.30. The normalized spacial score (nSPS) is 10.7. The molecular weight excluding hydrogens is 362 g/mol. The van der Waals surface area contributed by atoms with Gasteiger partial charge >= 0.3 is 0 Å². The number of fused-ring (bicyclic) bond motifs is 1. The molecule has 0 aliphatic carbocycles. The summed E-state index contributed by atoms with van der Waals surface area (Å²) < 4.78 is 12.4. The van der Waals surface area contributed by atoms with E-state index in [2.05, 4.69) is 10.3 Å². The molecule has 7 heteroatoms. The van der Waals surface area contributed by atoms with Gasteiger partial charge in [0.25, 0.3) is 5.91 Å². The summed E-state index contributed by atoms with van der Waals surface area (Å²) in [5.74, 6) is 1.47. The number of hydrogen-bond donors (Lipinski definition) is 1. The molecule has 27 heavy (non-hydrogen) atoms. The summed E-state index contributed by atoms with van der Waals surface area (Å²) in [5, 5.41) is 4.93. The topological polar surface area (TPSA) is 64.9 Å². The zero-order valence-electron chi connectivity index (χ0n) is 14.8. The third-order valence-electron chi connectivity index (χ3n) is 4.15. The number of amides is 1. The number of carbonyl (C=O) groups is 1. The van der Waals surface area contributed by atoms with Gasteiger partial charge in [-0.2, -0.15) is 0 Å². The van der Waals surface area contributed by atoms with E-state index in [1.807, 2.05) is 46.3 Å². The predicted molar refractivity (Wildman–Crippen MR) is 106 cm³/mol. The van der Waals surface area contributed by atoms with E-state index in [0.717, 1.165) is 16.2 Å². The van der Waals surface area contributed by atoms with Crippen LogP contribution in [0.3, 0.4) is 0 Å². The SMILES string of the molecule is COc1cc(OC)cc(C(=O)Nc2c(-c3ccccc3)nc3sccn23)c1. The lowest BCUT2D eigenvalue weighted by Crippen LogP contribution is -2.14. The first kappa shape index (κ1) is 17.1. The van der Waals surface area contributed by atoms with Gasteiger partial charge in [0, 0.05) is 28.8 Å². The monoisotopic (exact) mass is 379 g/mol. The molecule has 0 atom stereocenters. The number of anilines is 1. The van der Waals surface area contributed by atoms with Crippen LogP contribution in [0.1, 0.15) is 10.4 Å². The highest BCUT2D eigenvalue weighted by molar-refractivity contribution is 7.15. The molecular formula is C20H17N3O3S. The number of nitrogens with zero attached hydrogens (tertiary/aromatic N) is 2. The van der Waals surface area contributed by atoms with Crippen molar-refractivity contribution in [3.05, 3.63) is 65.7 Å². The largest absolute Gasteiger partial charge is 0.497 e. The Morgan fingerprint density at radius 2 is 1.78 bits per heavy atom. The molecule has 0 radical (unpaired) electrons. The quantitative estimate of drug-likeness (QED) is 0.560. The van der Waals surface area contributed by atoms with Gasteiger partial charge < -0.3 is 14.8 Å². The molecule has 0 bridgehead atoms. The number of imidazole rings is 1. The number of thiazole rings is 1. The fraction of sp³-hybridized carbons (Fsp3) is 0.100. The molecule has 1 N–H and O–H groups in total. The van der Waals surface area contributed by atoms with E-state index >= 15 is 0 Å². The maximum Gasteiger partial charge on any atom is 0.257 e. The molecule has 4 aromatic rings. The number of ether oxygens (including phenoxy) is 2. The van der Waals surface area contributed by atoms with Crippen molar-refractivity contribution in [2.24, 2.45) is 0 Å². The van der Waals surface area contributed by atoms with Gasteiger partial charge in [0.15, 0.2) is 4.96 Å². The zero-order chi connectivity index (χ0) is 18.8. The maximum absolute atomic E-state index is 12.9. The van der Waals surface area contributed by atoms with Gasteiger partial charge in [-0.25, -0.2) is 4.98 Å². The number of rotatable bonds is 5. The minimum Gasteiger partial charge on any atom is -0.497 e. The van der Waals surface area contributed by atoms with Gasteiger partial charge in [0.05, 0.1) is 14.2 Å². The lowest BCUT2D eigenvalue weighted by Gasteiger charge is -2.10. The molecule has 0 aliphatic heterocycles. The van der Waals surface area contributed by atoms with Crippen molar-refractivity contribution >= 4 is 28.0 Å². The summed E-state index contributed by atoms with van der Waals surface area (Å²) in [6.07, 6.45) is 1.89. The van der Waals surface area contributed by atoms with Crippen LogP contribution < -0.4 is 14.8 Å². The lowest BCUT2D eigenvalue weighted by molar-refractivity contribution is 0.102. The van der Waals surface area contributed by atoms with E-state index in [1.54, 1.807) is 32.4 Å². The molecule has 0 saturated carbocycles. The number of carbonyl (C=O) groups excluding carboxylic acids is 1. The van der Waals surface area contributed by atoms with E-state index in [4.69, 9.17) is 9.47 Å². The summed E-state index contributed by atoms with van der Waals surface area (Å²) in [6, 6.07) is 14.8. The first-order valence-electron chi connectivity index (χ1n) is 8.25. The number of methoxy groups -OCH3 is 2. The van der Waals surface area contributed by atoms with Crippen LogP contribution in [0, 0.1) is 0 Å². The van der Waals surface area contributed by atoms with Crippen LogP contribution in [0.2, 0.25) is 0 Å². The Bertz CT molecular complexity index is 1080. The summed E-state index contributed by atoms with van der Waals surface area (Å²) in [5.41, 5.74) is 2.10. The number of hydrogen-bond acceptors (Lipinski definition) is 5. The van der Waals surface area contributed by atoms with Gasteiger partial charge in [-0.05, 0) is 12.1 Å². The fourth-order valence-corrected chi connectivity index (χ4v) is 3.53. The highest BCUT2D eigenvalue weighted by Gasteiger charge is 2.18. The molecule has 1 amide bonds. The third-order valence-corrected chi connectivity index (χ3v) is 4.91. The average molecular weight is 379 g/mol. The van der Waals surface area contributed by atoms with Crippen molar-refractivity contribution < 1.29 is 14.3 Å². The predicted octanol–water partition coefficient (Wildman–Crippen LogP) is 4.33. The number of aromatic nitrogens is 2. The van der Waals surface area contributed by atoms with Crippen LogP contribution >= 0.6 is 11.3 Å². The molecule has 0 aliphatic rings. The lowest BCUT2D eigenvalue weighted by atomic mass is 10.1. The molecule has 0 spiro atoms. The van der Waals surface area contributed by atoms with Crippen molar-refractivity contribution in [2.45, 2.75) is 0 Å². The van der Waals surface area contributed by atoms with Crippen LogP contribution in [0.5, 0.6) is 11.5 Å². The van der Waals surface area contributed by atoms with Gasteiger partial charge in [-0.15, -0.1) is 11.3 Å². The molecule has 2 heterocycles. The second-order valence-electron chi connectivity index (χ2n) is 5.79. The molecule has 0 fully saturated rings. The first-order valence-corrected chi connectivity index (χ1v) is 9.13. The van der Waals surface area contributed by atoms with E-state index in [-0.39, 0.29) is 5.91 Å². The molecule has 0 saturated heterocycles. The second-order valence-corrected chi connectivity index (χ2v) is 6.66. The Morgan fingerprint density at radius 1 is 1.07 bits per heavy atom. The summed E-state index contributed by atoms with van der Waals surface area (Å²) in [4.78, 5) is 18.4. The molecule has 6 nitrogen and oxygen atoms in total. The molecule has 2 aromatic heterocycles. The highest BCUT2D eigenvalue weighted by Crippen LogP contribution is 2.31. The molecule has 2 aromatic carbocycles. The van der Waals surface area contributed by atoms with Crippen molar-refractivity contribution in [2.75, 3.05) is 19.5 Å². The minimum atomic E-state index is -0.266.